The fourth-order valence-electron chi connectivity index (χ4n) is 3.49. The van der Waals surface area contributed by atoms with Crippen molar-refractivity contribution in [1.29, 1.82) is 0 Å². The lowest BCUT2D eigenvalue weighted by atomic mass is 9.87. The Bertz CT molecular complexity index is 331. The molecule has 0 amide bonds. The minimum Gasteiger partial charge on any atom is -0.480 e. The standard InChI is InChI=1S/C14H26N2O3/c1-10(9-14(2,15)13(17)18)16-7-8-19-12-6-4-3-5-11(12)16/h10-12H,3-9,15H2,1-2H3,(H,17,18). The lowest BCUT2D eigenvalue weighted by molar-refractivity contribution is -0.144. The van der Waals surface area contributed by atoms with Crippen LogP contribution >= 0.6 is 0 Å². The first kappa shape index (κ1) is 14.8. The molecule has 5 nitrogen and oxygen atoms in total. The van der Waals surface area contributed by atoms with Crippen LogP contribution < -0.4 is 5.73 Å². The van der Waals surface area contributed by atoms with Crippen molar-refractivity contribution in [3.63, 3.8) is 0 Å². The van der Waals surface area contributed by atoms with E-state index in [4.69, 9.17) is 15.6 Å². The van der Waals surface area contributed by atoms with E-state index in [2.05, 4.69) is 11.8 Å². The summed E-state index contributed by atoms with van der Waals surface area (Å²) < 4.78 is 5.85. The Morgan fingerprint density at radius 2 is 2.21 bits per heavy atom. The second-order valence-electron chi connectivity index (χ2n) is 6.27. The number of carboxylic acid groups (broad SMARTS) is 1. The van der Waals surface area contributed by atoms with Crippen molar-refractivity contribution in [3.8, 4) is 0 Å². The Hall–Kier alpha value is -0.650. The highest BCUT2D eigenvalue weighted by Gasteiger charge is 2.39. The maximum atomic E-state index is 11.2. The summed E-state index contributed by atoms with van der Waals surface area (Å²) in [6.07, 6.45) is 5.58. The Kier molecular flexibility index (Phi) is 4.48. The molecule has 2 aliphatic rings. The fourth-order valence-corrected chi connectivity index (χ4v) is 3.49. The third-order valence-electron chi connectivity index (χ3n) is 4.55. The van der Waals surface area contributed by atoms with Crippen LogP contribution in [0, 0.1) is 0 Å². The highest BCUT2D eigenvalue weighted by molar-refractivity contribution is 5.77. The average Bonchev–Trinajstić information content (AvgIpc) is 2.37. The zero-order valence-electron chi connectivity index (χ0n) is 12.0. The molecule has 0 spiro atoms. The van der Waals surface area contributed by atoms with Gasteiger partial charge in [0.15, 0.2) is 0 Å². The third kappa shape index (κ3) is 3.27. The van der Waals surface area contributed by atoms with Crippen LogP contribution in [0.1, 0.15) is 46.0 Å². The molecule has 1 heterocycles. The fraction of sp³-hybridized carbons (Fsp3) is 0.929. The van der Waals surface area contributed by atoms with Crippen LogP contribution in [0.15, 0.2) is 0 Å². The second-order valence-corrected chi connectivity index (χ2v) is 6.27. The second kappa shape index (κ2) is 5.77. The summed E-state index contributed by atoms with van der Waals surface area (Å²) >= 11 is 0. The summed E-state index contributed by atoms with van der Waals surface area (Å²) in [6, 6.07) is 0.627. The highest BCUT2D eigenvalue weighted by Crippen LogP contribution is 2.31. The topological polar surface area (TPSA) is 75.8 Å². The van der Waals surface area contributed by atoms with E-state index in [0.29, 0.717) is 18.6 Å². The van der Waals surface area contributed by atoms with Crippen molar-refractivity contribution in [2.24, 2.45) is 5.73 Å². The Labute approximate surface area is 115 Å². The normalized spacial score (nSPS) is 33.2. The summed E-state index contributed by atoms with van der Waals surface area (Å²) in [7, 11) is 0. The van der Waals surface area contributed by atoms with Crippen molar-refractivity contribution in [2.45, 2.75) is 69.7 Å². The van der Waals surface area contributed by atoms with Crippen LogP contribution in [0.3, 0.4) is 0 Å². The maximum absolute atomic E-state index is 11.2. The Balaban J connectivity index is 2.01. The van der Waals surface area contributed by atoms with E-state index in [1.54, 1.807) is 6.92 Å². The molecule has 0 bridgehead atoms. The molecule has 2 fully saturated rings. The van der Waals surface area contributed by atoms with Crippen LogP contribution in [0.2, 0.25) is 0 Å². The highest BCUT2D eigenvalue weighted by atomic mass is 16.5. The molecule has 3 N–H and O–H groups in total. The van der Waals surface area contributed by atoms with Gasteiger partial charge in [-0.05, 0) is 33.1 Å². The number of nitrogens with two attached hydrogens (primary N) is 1. The summed E-state index contributed by atoms with van der Waals surface area (Å²) in [4.78, 5) is 13.6. The summed E-state index contributed by atoms with van der Waals surface area (Å²) in [5, 5.41) is 9.15. The molecule has 5 heteroatoms. The van der Waals surface area contributed by atoms with E-state index < -0.39 is 11.5 Å². The molecule has 0 aromatic carbocycles. The van der Waals surface area contributed by atoms with Gasteiger partial charge in [0.05, 0.1) is 12.7 Å². The first-order valence-corrected chi connectivity index (χ1v) is 7.31. The molecule has 4 atom stereocenters. The predicted molar refractivity (Wildman–Crippen MR) is 73.0 cm³/mol. The van der Waals surface area contributed by atoms with E-state index in [1.807, 2.05) is 0 Å². The van der Waals surface area contributed by atoms with Gasteiger partial charge in [0.2, 0.25) is 0 Å². The van der Waals surface area contributed by atoms with Gasteiger partial charge in [-0.2, -0.15) is 0 Å². The first-order valence-electron chi connectivity index (χ1n) is 7.31. The maximum Gasteiger partial charge on any atom is 0.323 e. The van der Waals surface area contributed by atoms with Crippen LogP contribution in [0.4, 0.5) is 0 Å². The SMILES string of the molecule is CC(CC(C)(N)C(=O)O)N1CCOC2CCCCC21. The number of rotatable bonds is 4. The van der Waals surface area contributed by atoms with E-state index in [1.165, 1.54) is 12.8 Å². The van der Waals surface area contributed by atoms with Crippen molar-refractivity contribution in [1.82, 2.24) is 4.90 Å². The molecule has 1 saturated heterocycles. The van der Waals surface area contributed by atoms with Crippen molar-refractivity contribution in [2.75, 3.05) is 13.2 Å². The predicted octanol–water partition coefficient (Wildman–Crippen LogP) is 1.21. The number of hydrogen-bond acceptors (Lipinski definition) is 4. The molecule has 4 unspecified atom stereocenters. The van der Waals surface area contributed by atoms with Gasteiger partial charge in [-0.15, -0.1) is 0 Å². The van der Waals surface area contributed by atoms with Crippen molar-refractivity contribution >= 4 is 5.97 Å². The van der Waals surface area contributed by atoms with E-state index in [0.717, 1.165) is 26.0 Å². The number of aliphatic carboxylic acids is 1. The lowest BCUT2D eigenvalue weighted by Gasteiger charge is -2.47. The third-order valence-corrected chi connectivity index (χ3v) is 4.55. The molecule has 110 valence electrons. The van der Waals surface area contributed by atoms with Gasteiger partial charge in [-0.25, -0.2) is 0 Å². The van der Waals surface area contributed by atoms with Crippen molar-refractivity contribution in [3.05, 3.63) is 0 Å². The Morgan fingerprint density at radius 1 is 1.53 bits per heavy atom. The molecule has 0 aromatic rings. The van der Waals surface area contributed by atoms with E-state index in [-0.39, 0.29) is 6.04 Å². The first-order chi connectivity index (χ1) is 8.92. The Morgan fingerprint density at radius 3 is 2.89 bits per heavy atom. The molecule has 19 heavy (non-hydrogen) atoms. The summed E-state index contributed by atoms with van der Waals surface area (Å²) in [5.74, 6) is -0.923. The molecule has 0 radical (unpaired) electrons. The molecule has 1 saturated carbocycles. The number of nitrogens with zero attached hydrogens (tertiary/aromatic N) is 1. The molecular formula is C14H26N2O3. The number of carbonyl (C=O) groups is 1. The van der Waals surface area contributed by atoms with Crippen LogP contribution in [-0.2, 0) is 9.53 Å². The molecule has 1 aliphatic heterocycles. The summed E-state index contributed by atoms with van der Waals surface area (Å²) in [5.41, 5.74) is 4.73. The van der Waals surface area contributed by atoms with Gasteiger partial charge >= 0.3 is 5.97 Å². The van der Waals surface area contributed by atoms with Gasteiger partial charge < -0.3 is 15.6 Å². The van der Waals surface area contributed by atoms with Crippen LogP contribution in [0.5, 0.6) is 0 Å². The number of carboxylic acids is 1. The van der Waals surface area contributed by atoms with E-state index >= 15 is 0 Å². The number of ether oxygens (including phenoxy) is 1. The zero-order chi connectivity index (χ0) is 14.0. The smallest absolute Gasteiger partial charge is 0.323 e. The molecule has 0 aromatic heterocycles. The molecule has 1 aliphatic carbocycles. The van der Waals surface area contributed by atoms with E-state index in [9.17, 15) is 4.79 Å². The van der Waals surface area contributed by atoms with Gasteiger partial charge in [-0.3, -0.25) is 9.69 Å². The minimum absolute atomic E-state index is 0.181. The largest absolute Gasteiger partial charge is 0.480 e. The van der Waals surface area contributed by atoms with Gasteiger partial charge in [0.25, 0.3) is 0 Å². The summed E-state index contributed by atoms with van der Waals surface area (Å²) in [6.45, 7) is 5.33. The van der Waals surface area contributed by atoms with Crippen LogP contribution in [-0.4, -0.2) is 52.9 Å². The molecule has 2 rings (SSSR count). The quantitative estimate of drug-likeness (QED) is 0.803. The minimum atomic E-state index is -1.15. The number of morpholine rings is 1. The average molecular weight is 270 g/mol. The van der Waals surface area contributed by atoms with Crippen molar-refractivity contribution < 1.29 is 14.6 Å². The number of fused-ring (bicyclic) bond motifs is 1. The molecular weight excluding hydrogens is 244 g/mol. The van der Waals surface area contributed by atoms with Gasteiger partial charge in [0, 0.05) is 18.6 Å². The van der Waals surface area contributed by atoms with Gasteiger partial charge in [-0.1, -0.05) is 12.8 Å². The van der Waals surface area contributed by atoms with Gasteiger partial charge in [0.1, 0.15) is 5.54 Å². The monoisotopic (exact) mass is 270 g/mol. The van der Waals surface area contributed by atoms with Crippen LogP contribution in [0.25, 0.3) is 0 Å². The zero-order valence-corrected chi connectivity index (χ0v) is 12.0. The number of hydrogen-bond donors (Lipinski definition) is 2. The lowest BCUT2D eigenvalue weighted by Crippen LogP contribution is -2.58.